The number of hydrogen-bond acceptors (Lipinski definition) is 7. The maximum atomic E-state index is 13.5. The largest absolute Gasteiger partial charge is 0.460 e. The summed E-state index contributed by atoms with van der Waals surface area (Å²) in [5.41, 5.74) is -2.84. The first-order valence-corrected chi connectivity index (χ1v) is 11.6. The quantitative estimate of drug-likeness (QED) is 0.360. The van der Waals surface area contributed by atoms with Gasteiger partial charge in [-0.05, 0) is 13.0 Å². The first kappa shape index (κ1) is 26.7. The summed E-state index contributed by atoms with van der Waals surface area (Å²) in [5, 5.41) is 3.42. The number of alkyl halides is 8. The predicted molar refractivity (Wildman–Crippen MR) is 107 cm³/mol. The van der Waals surface area contributed by atoms with Gasteiger partial charge >= 0.3 is 18.3 Å². The summed E-state index contributed by atoms with van der Waals surface area (Å²) in [5.74, 6) is -7.06. The van der Waals surface area contributed by atoms with Gasteiger partial charge in [0.05, 0.1) is 17.2 Å². The number of carbonyl (C=O) groups excluding carboxylic acids is 1. The van der Waals surface area contributed by atoms with E-state index in [-0.39, 0.29) is 16.9 Å². The van der Waals surface area contributed by atoms with Gasteiger partial charge in [0, 0.05) is 13.1 Å². The Balaban J connectivity index is 2.14. The van der Waals surface area contributed by atoms with Crippen LogP contribution < -0.4 is 4.90 Å². The van der Waals surface area contributed by atoms with Crippen molar-refractivity contribution in [3.05, 3.63) is 34.6 Å². The first-order chi connectivity index (χ1) is 15.9. The van der Waals surface area contributed by atoms with Crippen LogP contribution in [0, 0.1) is 0 Å². The Morgan fingerprint density at radius 1 is 1.09 bits per heavy atom. The Labute approximate surface area is 195 Å². The molecule has 1 atom stereocenters. The highest BCUT2D eigenvalue weighted by molar-refractivity contribution is 7.97. The fraction of sp³-hybridized carbons (Fsp3) is 0.353. The lowest BCUT2D eigenvalue weighted by atomic mass is 10.1. The Morgan fingerprint density at radius 2 is 1.71 bits per heavy atom. The van der Waals surface area contributed by atoms with Crippen molar-refractivity contribution in [3.8, 4) is 0 Å². The molecule has 0 spiro atoms. The predicted octanol–water partition coefficient (Wildman–Crippen LogP) is 4.78. The second-order valence-corrected chi connectivity index (χ2v) is 10.1. The lowest BCUT2D eigenvalue weighted by Gasteiger charge is -2.17. The molecule has 2 heterocycles. The maximum Gasteiger partial charge on any atom is 0.460 e. The third kappa shape index (κ3) is 4.94. The SMILES string of the molecule is CC[S+](=O)(O)c1cc2ncc(C(F)(F)F)nc2cc1C(=O)N(C)c1nnc(C(F)(F)C(F)(F)F)s1. The van der Waals surface area contributed by atoms with Crippen molar-refractivity contribution in [3.63, 3.8) is 0 Å². The molecule has 1 amide bonds. The number of halogens is 8. The van der Waals surface area contributed by atoms with Crippen LogP contribution in [0.2, 0.25) is 0 Å². The molecule has 2 aromatic heterocycles. The van der Waals surface area contributed by atoms with Crippen LogP contribution in [0.3, 0.4) is 0 Å². The number of carbonyl (C=O) groups is 1. The molecule has 3 rings (SSSR count). The van der Waals surface area contributed by atoms with E-state index in [2.05, 4.69) is 20.2 Å². The van der Waals surface area contributed by atoms with Crippen molar-refractivity contribution < 1.29 is 48.7 Å². The normalized spacial score (nSPS) is 14.7. The zero-order valence-corrected chi connectivity index (χ0v) is 18.9. The molecule has 0 aliphatic carbocycles. The van der Waals surface area contributed by atoms with E-state index in [4.69, 9.17) is 0 Å². The van der Waals surface area contributed by atoms with Gasteiger partial charge in [0.15, 0.2) is 10.7 Å². The second kappa shape index (κ2) is 8.66. The Bertz CT molecular complexity index is 1340. The molecular formula is C17H12F8N5O3S2+. The van der Waals surface area contributed by atoms with E-state index in [9.17, 15) is 48.7 Å². The number of benzene rings is 1. The van der Waals surface area contributed by atoms with Crippen LogP contribution in [-0.4, -0.2) is 49.6 Å². The number of fused-ring (bicyclic) bond motifs is 1. The van der Waals surface area contributed by atoms with Gasteiger partial charge in [-0.1, -0.05) is 15.5 Å². The highest BCUT2D eigenvalue weighted by Crippen LogP contribution is 2.45. The molecule has 1 N–H and O–H groups in total. The molecule has 3 aromatic rings. The van der Waals surface area contributed by atoms with Gasteiger partial charge in [-0.2, -0.15) is 39.7 Å². The first-order valence-electron chi connectivity index (χ1n) is 9.09. The van der Waals surface area contributed by atoms with Gasteiger partial charge < -0.3 is 0 Å². The summed E-state index contributed by atoms with van der Waals surface area (Å²) in [7, 11) is -3.05. The fourth-order valence-corrected chi connectivity index (χ4v) is 4.53. The molecule has 0 saturated heterocycles. The van der Waals surface area contributed by atoms with Gasteiger partial charge in [0.2, 0.25) is 20.2 Å². The highest BCUT2D eigenvalue weighted by atomic mass is 32.3. The minimum Gasteiger partial charge on any atom is -0.286 e. The monoisotopic (exact) mass is 550 g/mol. The molecule has 190 valence electrons. The summed E-state index contributed by atoms with van der Waals surface area (Å²) in [6.07, 6.45) is -10.5. The van der Waals surface area contributed by atoms with Crippen LogP contribution in [-0.2, 0) is 26.5 Å². The van der Waals surface area contributed by atoms with E-state index in [1.165, 1.54) is 6.92 Å². The molecule has 0 radical (unpaired) electrons. The van der Waals surface area contributed by atoms with Gasteiger partial charge in [-0.15, -0.1) is 10.2 Å². The number of aromatic nitrogens is 4. The number of rotatable bonds is 5. The third-order valence-electron chi connectivity index (χ3n) is 4.53. The molecule has 1 aromatic carbocycles. The molecule has 0 saturated carbocycles. The van der Waals surface area contributed by atoms with Crippen LogP contribution in [0.1, 0.15) is 28.0 Å². The van der Waals surface area contributed by atoms with Crippen LogP contribution in [0.5, 0.6) is 0 Å². The van der Waals surface area contributed by atoms with E-state index >= 15 is 0 Å². The molecule has 0 aliphatic heterocycles. The molecule has 18 heteroatoms. The molecular weight excluding hydrogens is 538 g/mol. The third-order valence-corrected chi connectivity index (χ3v) is 7.41. The average molecular weight is 550 g/mol. The van der Waals surface area contributed by atoms with E-state index in [1.54, 1.807) is 0 Å². The minimum atomic E-state index is -5.99. The number of hydrogen-bond donors (Lipinski definition) is 1. The van der Waals surface area contributed by atoms with Crippen molar-refractivity contribution in [2.45, 2.75) is 30.1 Å². The summed E-state index contributed by atoms with van der Waals surface area (Å²) in [4.78, 5) is 19.9. The van der Waals surface area contributed by atoms with Crippen molar-refractivity contribution in [2.75, 3.05) is 17.7 Å². The number of amides is 1. The van der Waals surface area contributed by atoms with E-state index in [0.717, 1.165) is 19.2 Å². The molecule has 8 nitrogen and oxygen atoms in total. The zero-order valence-electron chi connectivity index (χ0n) is 17.3. The van der Waals surface area contributed by atoms with Crippen molar-refractivity contribution >= 4 is 43.6 Å². The van der Waals surface area contributed by atoms with Crippen LogP contribution >= 0.6 is 11.3 Å². The molecule has 35 heavy (non-hydrogen) atoms. The number of nitrogens with zero attached hydrogens (tertiary/aromatic N) is 5. The van der Waals surface area contributed by atoms with Gasteiger partial charge in [0.25, 0.3) is 5.91 Å². The molecule has 0 aliphatic rings. The second-order valence-electron chi connectivity index (χ2n) is 6.85. The van der Waals surface area contributed by atoms with Gasteiger partial charge in [-0.3, -0.25) is 14.7 Å². The minimum absolute atomic E-state index is 0.259. The summed E-state index contributed by atoms with van der Waals surface area (Å²) >= 11 is -0.271. The lowest BCUT2D eigenvalue weighted by Crippen LogP contribution is -2.33. The standard InChI is InChI=1S/C17H11F8N5O3S2/c1-3-35(32,33)10-5-8-9(27-11(6-26-8)16(20,21)22)4-7(10)12(31)30(2)14-29-28-13(34-14)15(18,19)17(23,24)25/h4-6H,3H2,1-2H3/p+1. The maximum absolute atomic E-state index is 13.5. The van der Waals surface area contributed by atoms with Crippen LogP contribution in [0.4, 0.5) is 40.3 Å². The van der Waals surface area contributed by atoms with Crippen LogP contribution in [0.15, 0.2) is 23.2 Å². The average Bonchev–Trinajstić information content (AvgIpc) is 3.26. The lowest BCUT2D eigenvalue weighted by molar-refractivity contribution is -0.289. The topological polar surface area (TPSA) is 109 Å². The molecule has 0 bridgehead atoms. The van der Waals surface area contributed by atoms with Gasteiger partial charge in [-0.25, -0.2) is 4.98 Å². The van der Waals surface area contributed by atoms with E-state index in [1.807, 2.05) is 0 Å². The zero-order chi connectivity index (χ0) is 26.6. The Hall–Kier alpha value is -2.86. The van der Waals surface area contributed by atoms with Crippen LogP contribution in [0.25, 0.3) is 11.0 Å². The Kier molecular flexibility index (Phi) is 6.62. The summed E-state index contributed by atoms with van der Waals surface area (Å²) in [6, 6.07) is 1.61. The summed E-state index contributed by atoms with van der Waals surface area (Å²) < 4.78 is 127. The molecule has 1 unspecified atom stereocenters. The van der Waals surface area contributed by atoms with Gasteiger partial charge in [0.1, 0.15) is 11.3 Å². The van der Waals surface area contributed by atoms with Crippen molar-refractivity contribution in [1.29, 1.82) is 0 Å². The number of anilines is 1. The smallest absolute Gasteiger partial charge is 0.286 e. The van der Waals surface area contributed by atoms with Crippen molar-refractivity contribution in [2.24, 2.45) is 0 Å². The summed E-state index contributed by atoms with van der Waals surface area (Å²) in [6.45, 7) is 1.28. The van der Waals surface area contributed by atoms with E-state index < -0.39 is 72.0 Å². The van der Waals surface area contributed by atoms with Crippen molar-refractivity contribution in [1.82, 2.24) is 20.2 Å². The van der Waals surface area contributed by atoms with E-state index in [0.29, 0.717) is 11.1 Å². The highest BCUT2D eigenvalue weighted by Gasteiger charge is 2.61. The Morgan fingerprint density at radius 3 is 2.26 bits per heavy atom. The fourth-order valence-electron chi connectivity index (χ4n) is 2.63. The molecule has 0 fully saturated rings.